The summed E-state index contributed by atoms with van der Waals surface area (Å²) >= 11 is 0. The third-order valence-electron chi connectivity index (χ3n) is 3.40. The quantitative estimate of drug-likeness (QED) is 0.854. The highest BCUT2D eigenvalue weighted by atomic mass is 16.5. The van der Waals surface area contributed by atoms with Gasteiger partial charge in [0.1, 0.15) is 0 Å². The summed E-state index contributed by atoms with van der Waals surface area (Å²) in [6.07, 6.45) is 1.81. The fourth-order valence-electron chi connectivity index (χ4n) is 1.95. The van der Waals surface area contributed by atoms with Crippen LogP contribution in [0.3, 0.4) is 0 Å². The SMILES string of the molecule is Cc1cnc(C(=O)O[C@H](C)C(=O)Nc2c(C)nn(C)c2C)cn1. The monoisotopic (exact) mass is 317 g/mol. The lowest BCUT2D eigenvalue weighted by molar-refractivity contribution is -0.123. The molecule has 122 valence electrons. The zero-order valence-electron chi connectivity index (χ0n) is 13.7. The van der Waals surface area contributed by atoms with Crippen molar-refractivity contribution in [3.8, 4) is 0 Å². The van der Waals surface area contributed by atoms with E-state index in [-0.39, 0.29) is 5.69 Å². The van der Waals surface area contributed by atoms with Crippen LogP contribution in [-0.2, 0) is 16.6 Å². The molecule has 0 spiro atoms. The van der Waals surface area contributed by atoms with E-state index in [1.54, 1.807) is 25.6 Å². The minimum Gasteiger partial charge on any atom is -0.448 e. The van der Waals surface area contributed by atoms with E-state index in [2.05, 4.69) is 20.4 Å². The Morgan fingerprint density at radius 3 is 2.43 bits per heavy atom. The summed E-state index contributed by atoms with van der Waals surface area (Å²) in [5, 5.41) is 6.95. The van der Waals surface area contributed by atoms with Crippen molar-refractivity contribution in [3.63, 3.8) is 0 Å². The van der Waals surface area contributed by atoms with Crippen molar-refractivity contribution in [1.82, 2.24) is 19.7 Å². The van der Waals surface area contributed by atoms with Gasteiger partial charge < -0.3 is 10.1 Å². The number of hydrogen-bond donors (Lipinski definition) is 1. The summed E-state index contributed by atoms with van der Waals surface area (Å²) in [7, 11) is 1.79. The molecule has 8 heteroatoms. The molecule has 0 aliphatic rings. The zero-order chi connectivity index (χ0) is 17.1. The van der Waals surface area contributed by atoms with Gasteiger partial charge in [-0.3, -0.25) is 14.5 Å². The third-order valence-corrected chi connectivity index (χ3v) is 3.40. The van der Waals surface area contributed by atoms with Crippen molar-refractivity contribution in [3.05, 3.63) is 35.2 Å². The van der Waals surface area contributed by atoms with Crippen molar-refractivity contribution in [1.29, 1.82) is 0 Å². The number of carbonyl (C=O) groups is 2. The van der Waals surface area contributed by atoms with E-state index < -0.39 is 18.0 Å². The molecule has 0 fully saturated rings. The molecule has 8 nitrogen and oxygen atoms in total. The van der Waals surface area contributed by atoms with Gasteiger partial charge in [0.05, 0.1) is 29.0 Å². The van der Waals surface area contributed by atoms with Crippen molar-refractivity contribution in [2.75, 3.05) is 5.32 Å². The predicted molar refractivity (Wildman–Crippen MR) is 83.0 cm³/mol. The first-order chi connectivity index (χ1) is 10.8. The Balaban J connectivity index is 2.02. The molecule has 23 heavy (non-hydrogen) atoms. The summed E-state index contributed by atoms with van der Waals surface area (Å²) in [6, 6.07) is 0. The Morgan fingerprint density at radius 2 is 1.91 bits per heavy atom. The van der Waals surface area contributed by atoms with Crippen LogP contribution >= 0.6 is 0 Å². The summed E-state index contributed by atoms with van der Waals surface area (Å²) in [6.45, 7) is 6.89. The fraction of sp³-hybridized carbons (Fsp3) is 0.400. The lowest BCUT2D eigenvalue weighted by atomic mass is 10.3. The zero-order valence-corrected chi connectivity index (χ0v) is 13.7. The number of aryl methyl sites for hydroxylation is 3. The number of amides is 1. The fourth-order valence-corrected chi connectivity index (χ4v) is 1.95. The molecule has 0 bridgehead atoms. The van der Waals surface area contributed by atoms with E-state index in [1.807, 2.05) is 6.92 Å². The normalized spacial score (nSPS) is 11.9. The van der Waals surface area contributed by atoms with Crippen LogP contribution in [0.5, 0.6) is 0 Å². The van der Waals surface area contributed by atoms with Gasteiger partial charge in [0, 0.05) is 13.2 Å². The number of aromatic nitrogens is 4. The lowest BCUT2D eigenvalue weighted by Crippen LogP contribution is -2.30. The number of anilines is 1. The summed E-state index contributed by atoms with van der Waals surface area (Å²) in [4.78, 5) is 32.0. The molecule has 2 rings (SSSR count). The summed E-state index contributed by atoms with van der Waals surface area (Å²) in [5.41, 5.74) is 2.88. The van der Waals surface area contributed by atoms with E-state index in [4.69, 9.17) is 4.74 Å². The smallest absolute Gasteiger partial charge is 0.359 e. The second-order valence-electron chi connectivity index (χ2n) is 5.25. The minimum absolute atomic E-state index is 0.0592. The van der Waals surface area contributed by atoms with Gasteiger partial charge in [-0.05, 0) is 27.7 Å². The first-order valence-electron chi connectivity index (χ1n) is 7.10. The van der Waals surface area contributed by atoms with Crippen molar-refractivity contribution >= 4 is 17.6 Å². The molecular formula is C15H19N5O3. The average molecular weight is 317 g/mol. The van der Waals surface area contributed by atoms with Crippen molar-refractivity contribution in [2.24, 2.45) is 7.05 Å². The molecular weight excluding hydrogens is 298 g/mol. The number of hydrogen-bond acceptors (Lipinski definition) is 6. The standard InChI is InChI=1S/C15H19N5O3/c1-8-6-17-12(7-16-8)15(22)23-11(4)14(21)18-13-9(2)19-20(5)10(13)3/h6-7,11H,1-5H3,(H,18,21)/t11-/m1/s1. The van der Waals surface area contributed by atoms with Crippen molar-refractivity contribution < 1.29 is 14.3 Å². The molecule has 0 aliphatic carbocycles. The number of nitrogens with zero attached hydrogens (tertiary/aromatic N) is 4. The topological polar surface area (TPSA) is 99.0 Å². The predicted octanol–water partition coefficient (Wildman–Crippen LogP) is 1.32. The highest BCUT2D eigenvalue weighted by Crippen LogP contribution is 2.18. The summed E-state index contributed by atoms with van der Waals surface area (Å²) in [5.74, 6) is -1.13. The van der Waals surface area contributed by atoms with Gasteiger partial charge >= 0.3 is 5.97 Å². The van der Waals surface area contributed by atoms with Crippen LogP contribution in [0.1, 0.15) is 34.5 Å². The van der Waals surface area contributed by atoms with E-state index >= 15 is 0 Å². The Morgan fingerprint density at radius 1 is 1.22 bits per heavy atom. The molecule has 1 N–H and O–H groups in total. The van der Waals surface area contributed by atoms with Crippen molar-refractivity contribution in [2.45, 2.75) is 33.8 Å². The average Bonchev–Trinajstić information content (AvgIpc) is 2.74. The number of rotatable bonds is 4. The molecule has 2 aromatic rings. The minimum atomic E-state index is -0.968. The maximum Gasteiger partial charge on any atom is 0.359 e. The van der Waals surface area contributed by atoms with Crippen LogP contribution in [-0.4, -0.2) is 37.7 Å². The molecule has 1 amide bonds. The van der Waals surface area contributed by atoms with Gasteiger partial charge in [-0.25, -0.2) is 9.78 Å². The molecule has 2 heterocycles. The molecule has 0 saturated heterocycles. The van der Waals surface area contributed by atoms with Crippen LogP contribution in [0.25, 0.3) is 0 Å². The maximum absolute atomic E-state index is 12.2. The van der Waals surface area contributed by atoms with Gasteiger partial charge in [-0.2, -0.15) is 5.10 Å². The highest BCUT2D eigenvalue weighted by Gasteiger charge is 2.22. The van der Waals surface area contributed by atoms with Crippen LogP contribution in [0, 0.1) is 20.8 Å². The molecule has 0 unspecified atom stereocenters. The Hall–Kier alpha value is -2.77. The molecule has 2 aromatic heterocycles. The Labute approximate surface area is 133 Å². The number of ether oxygens (including phenoxy) is 1. The van der Waals surface area contributed by atoms with Crippen LogP contribution in [0.4, 0.5) is 5.69 Å². The molecule has 0 saturated carbocycles. The first-order valence-corrected chi connectivity index (χ1v) is 7.10. The molecule has 1 atom stereocenters. The Kier molecular flexibility index (Phi) is 4.73. The first kappa shape index (κ1) is 16.6. The highest BCUT2D eigenvalue weighted by molar-refractivity contribution is 5.97. The largest absolute Gasteiger partial charge is 0.448 e. The number of esters is 1. The molecule has 0 radical (unpaired) electrons. The van der Waals surface area contributed by atoms with E-state index in [0.717, 1.165) is 5.69 Å². The second-order valence-corrected chi connectivity index (χ2v) is 5.25. The third kappa shape index (κ3) is 3.71. The molecule has 0 aromatic carbocycles. The van der Waals surface area contributed by atoms with Gasteiger partial charge in [0.15, 0.2) is 11.8 Å². The van der Waals surface area contributed by atoms with Gasteiger partial charge in [-0.1, -0.05) is 0 Å². The maximum atomic E-state index is 12.2. The Bertz CT molecular complexity index is 736. The van der Waals surface area contributed by atoms with Crippen LogP contribution in [0.15, 0.2) is 12.4 Å². The second kappa shape index (κ2) is 6.55. The van der Waals surface area contributed by atoms with E-state index in [9.17, 15) is 9.59 Å². The van der Waals surface area contributed by atoms with Crippen LogP contribution in [0.2, 0.25) is 0 Å². The van der Waals surface area contributed by atoms with E-state index in [1.165, 1.54) is 19.3 Å². The number of nitrogens with one attached hydrogen (secondary N) is 1. The van der Waals surface area contributed by atoms with Gasteiger partial charge in [-0.15, -0.1) is 0 Å². The van der Waals surface area contributed by atoms with Gasteiger partial charge in [0.2, 0.25) is 0 Å². The van der Waals surface area contributed by atoms with E-state index in [0.29, 0.717) is 17.1 Å². The summed E-state index contributed by atoms with van der Waals surface area (Å²) < 4.78 is 6.79. The lowest BCUT2D eigenvalue weighted by Gasteiger charge is -2.13. The molecule has 0 aliphatic heterocycles. The van der Waals surface area contributed by atoms with Gasteiger partial charge in [0.25, 0.3) is 5.91 Å². The number of carbonyl (C=O) groups excluding carboxylic acids is 2. The van der Waals surface area contributed by atoms with Crippen LogP contribution < -0.4 is 5.32 Å².